The lowest BCUT2D eigenvalue weighted by molar-refractivity contribution is -0.127. The average molecular weight is 343 g/mol. The molecule has 0 spiro atoms. The van der Waals surface area contributed by atoms with E-state index >= 15 is 0 Å². The molecule has 0 saturated carbocycles. The molecule has 2 saturated heterocycles. The van der Waals surface area contributed by atoms with Gasteiger partial charge in [0.25, 0.3) is 5.91 Å². The number of nitrogens with zero attached hydrogens (tertiary/aromatic N) is 1. The number of carbonyl (C=O) groups is 1. The molecular formula is C16H13N3O4S. The number of hydrazine groups is 1. The van der Waals surface area contributed by atoms with Gasteiger partial charge in [-0.2, -0.15) is 0 Å². The van der Waals surface area contributed by atoms with E-state index < -0.39 is 0 Å². The molecule has 3 aliphatic heterocycles. The molecule has 2 N–H and O–H groups in total. The molecule has 8 heteroatoms. The molecule has 3 aliphatic rings. The molecule has 122 valence electrons. The Morgan fingerprint density at radius 1 is 1.21 bits per heavy atom. The molecule has 2 aromatic rings. The number of furan rings is 1. The van der Waals surface area contributed by atoms with Crippen molar-refractivity contribution >= 4 is 23.7 Å². The Kier molecular flexibility index (Phi) is 3.09. The molecule has 7 nitrogen and oxygen atoms in total. The highest BCUT2D eigenvalue weighted by atomic mass is 32.2. The molecule has 4 heterocycles. The van der Waals surface area contributed by atoms with Gasteiger partial charge in [0.2, 0.25) is 6.79 Å². The first-order valence-corrected chi connectivity index (χ1v) is 8.33. The summed E-state index contributed by atoms with van der Waals surface area (Å²) in [6.07, 6.45) is 3.16. The van der Waals surface area contributed by atoms with E-state index in [0.717, 1.165) is 11.3 Å². The quantitative estimate of drug-likeness (QED) is 0.808. The summed E-state index contributed by atoms with van der Waals surface area (Å²) in [5.74, 6) is 2.09. The van der Waals surface area contributed by atoms with Gasteiger partial charge in [0.05, 0.1) is 11.2 Å². The number of nitrogens with one attached hydrogen (secondary N) is 2. The van der Waals surface area contributed by atoms with Gasteiger partial charge >= 0.3 is 0 Å². The van der Waals surface area contributed by atoms with E-state index in [2.05, 4.69) is 10.9 Å². The van der Waals surface area contributed by atoms with Crippen LogP contribution in [0.25, 0.3) is 6.08 Å². The highest BCUT2D eigenvalue weighted by Gasteiger charge is 2.46. The van der Waals surface area contributed by atoms with Gasteiger partial charge in [0, 0.05) is 0 Å². The van der Waals surface area contributed by atoms with Gasteiger partial charge in [-0.25, -0.2) is 10.9 Å². The second-order valence-electron chi connectivity index (χ2n) is 5.51. The third-order valence-corrected chi connectivity index (χ3v) is 5.18. The minimum absolute atomic E-state index is 0.0402. The van der Waals surface area contributed by atoms with Crippen LogP contribution >= 0.6 is 11.8 Å². The molecule has 0 aliphatic carbocycles. The fourth-order valence-corrected chi connectivity index (χ4v) is 4.05. The third kappa shape index (κ3) is 2.11. The fourth-order valence-electron chi connectivity index (χ4n) is 2.94. The first kappa shape index (κ1) is 14.0. The van der Waals surface area contributed by atoms with Gasteiger partial charge in [-0.05, 0) is 35.9 Å². The number of fused-ring (bicyclic) bond motifs is 2. The van der Waals surface area contributed by atoms with Gasteiger partial charge in [0.1, 0.15) is 11.3 Å². The number of amides is 1. The standard InChI is InChI=1S/C16H13N3O4S/c20-15-13(7-9-3-4-10-12(6-9)23-8-22-10)24-16-18-17-14(19(15)16)11-2-1-5-21-11/h1-7,14,16-18H,8H2. The van der Waals surface area contributed by atoms with Crippen LogP contribution in [-0.2, 0) is 4.79 Å². The van der Waals surface area contributed by atoms with Crippen molar-refractivity contribution in [3.05, 3.63) is 52.8 Å². The summed E-state index contributed by atoms with van der Waals surface area (Å²) in [4.78, 5) is 15.2. The summed E-state index contributed by atoms with van der Waals surface area (Å²) >= 11 is 1.47. The second kappa shape index (κ2) is 5.30. The maximum absolute atomic E-state index is 12.8. The first-order chi connectivity index (χ1) is 11.8. The molecule has 2 unspecified atom stereocenters. The number of carbonyl (C=O) groups excluding carboxylic acids is 1. The van der Waals surface area contributed by atoms with Crippen molar-refractivity contribution in [3.63, 3.8) is 0 Å². The lowest BCUT2D eigenvalue weighted by Gasteiger charge is -2.18. The van der Waals surface area contributed by atoms with Crippen molar-refractivity contribution < 1.29 is 18.7 Å². The van der Waals surface area contributed by atoms with Crippen molar-refractivity contribution in [3.8, 4) is 11.5 Å². The predicted molar refractivity (Wildman–Crippen MR) is 86.5 cm³/mol. The SMILES string of the molecule is O=C1C(=Cc2ccc3c(c2)OCO3)SC2NNC(c3ccco3)N12. The van der Waals surface area contributed by atoms with E-state index in [1.54, 1.807) is 17.2 Å². The van der Waals surface area contributed by atoms with E-state index in [4.69, 9.17) is 13.9 Å². The van der Waals surface area contributed by atoms with Crippen molar-refractivity contribution in [2.24, 2.45) is 0 Å². The van der Waals surface area contributed by atoms with E-state index in [1.807, 2.05) is 30.3 Å². The number of hydrogen-bond acceptors (Lipinski definition) is 7. The zero-order chi connectivity index (χ0) is 16.1. The summed E-state index contributed by atoms with van der Waals surface area (Å²) < 4.78 is 16.1. The Balaban J connectivity index is 1.44. The number of ether oxygens (including phenoxy) is 2. The second-order valence-corrected chi connectivity index (χ2v) is 6.63. The average Bonchev–Trinajstić information content (AvgIpc) is 3.34. The summed E-state index contributed by atoms with van der Waals surface area (Å²) in [5, 5.41) is 0. The van der Waals surface area contributed by atoms with Gasteiger partial charge in [-0.15, -0.1) is 0 Å². The van der Waals surface area contributed by atoms with Crippen LogP contribution in [0.5, 0.6) is 11.5 Å². The normalized spacial score (nSPS) is 26.4. The number of thioether (sulfide) groups is 1. The molecule has 24 heavy (non-hydrogen) atoms. The Morgan fingerprint density at radius 2 is 2.12 bits per heavy atom. The van der Waals surface area contributed by atoms with Crippen LogP contribution in [0.3, 0.4) is 0 Å². The van der Waals surface area contributed by atoms with Crippen LogP contribution in [0.15, 0.2) is 45.9 Å². The van der Waals surface area contributed by atoms with Gasteiger partial charge in [-0.1, -0.05) is 17.8 Å². The molecular weight excluding hydrogens is 330 g/mol. The highest BCUT2D eigenvalue weighted by Crippen LogP contribution is 2.42. The van der Waals surface area contributed by atoms with Crippen LogP contribution < -0.4 is 20.3 Å². The van der Waals surface area contributed by atoms with Gasteiger partial charge < -0.3 is 13.9 Å². The third-order valence-electron chi connectivity index (χ3n) is 4.07. The van der Waals surface area contributed by atoms with Crippen LogP contribution in [-0.4, -0.2) is 23.1 Å². The van der Waals surface area contributed by atoms with E-state index in [9.17, 15) is 4.79 Å². The van der Waals surface area contributed by atoms with Crippen LogP contribution in [0.4, 0.5) is 0 Å². The van der Waals surface area contributed by atoms with Crippen LogP contribution in [0, 0.1) is 0 Å². The maximum Gasteiger partial charge on any atom is 0.264 e. The molecule has 0 bridgehead atoms. The maximum atomic E-state index is 12.8. The molecule has 2 fully saturated rings. The smallest absolute Gasteiger partial charge is 0.264 e. The molecule has 0 radical (unpaired) electrons. The highest BCUT2D eigenvalue weighted by molar-refractivity contribution is 8.05. The zero-order valence-corrected chi connectivity index (χ0v) is 13.2. The summed E-state index contributed by atoms with van der Waals surface area (Å²) in [5.41, 5.74) is 6.95. The predicted octanol–water partition coefficient (Wildman–Crippen LogP) is 2.01. The monoisotopic (exact) mass is 343 g/mol. The molecule has 2 atom stereocenters. The molecule has 1 amide bonds. The van der Waals surface area contributed by atoms with Crippen molar-refractivity contribution in [1.29, 1.82) is 0 Å². The Bertz CT molecular complexity index is 836. The van der Waals surface area contributed by atoms with E-state index in [-0.39, 0.29) is 24.4 Å². The van der Waals surface area contributed by atoms with E-state index in [0.29, 0.717) is 16.4 Å². The number of hydrogen-bond donors (Lipinski definition) is 2. The molecule has 1 aromatic carbocycles. The summed E-state index contributed by atoms with van der Waals surface area (Å²) in [7, 11) is 0. The number of rotatable bonds is 2. The lowest BCUT2D eigenvalue weighted by atomic mass is 10.2. The van der Waals surface area contributed by atoms with Crippen molar-refractivity contribution in [1.82, 2.24) is 15.8 Å². The summed E-state index contributed by atoms with van der Waals surface area (Å²) in [6, 6.07) is 9.29. The Labute approximate surface area is 141 Å². The largest absolute Gasteiger partial charge is 0.466 e. The van der Waals surface area contributed by atoms with Crippen LogP contribution in [0.2, 0.25) is 0 Å². The molecule has 1 aromatic heterocycles. The zero-order valence-electron chi connectivity index (χ0n) is 12.4. The Morgan fingerprint density at radius 3 is 3.00 bits per heavy atom. The topological polar surface area (TPSA) is 76.0 Å². The van der Waals surface area contributed by atoms with Gasteiger partial charge in [-0.3, -0.25) is 9.69 Å². The van der Waals surface area contributed by atoms with Crippen molar-refractivity contribution in [2.45, 2.75) is 11.7 Å². The molecule has 5 rings (SSSR count). The van der Waals surface area contributed by atoms with E-state index in [1.165, 1.54) is 11.8 Å². The first-order valence-electron chi connectivity index (χ1n) is 7.45. The fraction of sp³-hybridized carbons (Fsp3) is 0.188. The Hall–Kier alpha value is -2.42. The summed E-state index contributed by atoms with van der Waals surface area (Å²) in [6.45, 7) is 0.235. The van der Waals surface area contributed by atoms with Crippen LogP contribution in [0.1, 0.15) is 17.5 Å². The number of benzene rings is 1. The van der Waals surface area contributed by atoms with Crippen molar-refractivity contribution in [2.75, 3.05) is 6.79 Å². The minimum atomic E-state index is -0.312. The lowest BCUT2D eigenvalue weighted by Crippen LogP contribution is -2.32. The minimum Gasteiger partial charge on any atom is -0.466 e. The van der Waals surface area contributed by atoms with Gasteiger partial charge in [0.15, 0.2) is 17.7 Å².